The summed E-state index contributed by atoms with van der Waals surface area (Å²) in [5.74, 6) is 2.16. The third kappa shape index (κ3) is 5.89. The highest BCUT2D eigenvalue weighted by molar-refractivity contribution is 4.93. The van der Waals surface area contributed by atoms with Gasteiger partial charge < -0.3 is 0 Å². The van der Waals surface area contributed by atoms with Gasteiger partial charge in [0.2, 0.25) is 0 Å². The van der Waals surface area contributed by atoms with Gasteiger partial charge in [0.15, 0.2) is 0 Å². The van der Waals surface area contributed by atoms with E-state index in [0.29, 0.717) is 37.5 Å². The SMILES string of the molecule is CCCCCCCC1CCC([C@H]2CC[C@@](CCC)(C(F)(F)F)CC2)CC1. The molecular weight excluding hydrogens is 333 g/mol. The van der Waals surface area contributed by atoms with E-state index in [4.69, 9.17) is 0 Å². The van der Waals surface area contributed by atoms with Gasteiger partial charge in [0, 0.05) is 0 Å². The largest absolute Gasteiger partial charge is 0.394 e. The van der Waals surface area contributed by atoms with Gasteiger partial charge >= 0.3 is 6.18 Å². The van der Waals surface area contributed by atoms with E-state index in [-0.39, 0.29) is 0 Å². The Morgan fingerprint density at radius 1 is 0.731 bits per heavy atom. The van der Waals surface area contributed by atoms with Crippen LogP contribution in [0.2, 0.25) is 0 Å². The monoisotopic (exact) mass is 374 g/mol. The van der Waals surface area contributed by atoms with Crippen molar-refractivity contribution in [2.45, 2.75) is 123 Å². The fourth-order valence-electron chi connectivity index (χ4n) is 5.80. The van der Waals surface area contributed by atoms with E-state index in [1.165, 1.54) is 64.2 Å². The minimum atomic E-state index is -4.01. The summed E-state index contributed by atoms with van der Waals surface area (Å²) in [6.45, 7) is 4.15. The van der Waals surface area contributed by atoms with Crippen LogP contribution in [0.25, 0.3) is 0 Å². The Morgan fingerprint density at radius 3 is 1.85 bits per heavy atom. The number of hydrogen-bond donors (Lipinski definition) is 0. The predicted molar refractivity (Wildman–Crippen MR) is 104 cm³/mol. The van der Waals surface area contributed by atoms with E-state index in [1.54, 1.807) is 0 Å². The first-order chi connectivity index (χ1) is 12.4. The molecule has 0 aromatic heterocycles. The van der Waals surface area contributed by atoms with Crippen molar-refractivity contribution in [1.29, 1.82) is 0 Å². The first-order valence-electron chi connectivity index (χ1n) is 11.5. The first kappa shape index (κ1) is 22.1. The van der Waals surface area contributed by atoms with Gasteiger partial charge in [-0.25, -0.2) is 0 Å². The van der Waals surface area contributed by atoms with E-state index in [0.717, 1.165) is 18.8 Å². The maximum absolute atomic E-state index is 13.6. The second-order valence-corrected chi connectivity index (χ2v) is 9.35. The summed E-state index contributed by atoms with van der Waals surface area (Å²) in [5.41, 5.74) is -1.37. The van der Waals surface area contributed by atoms with E-state index < -0.39 is 11.6 Å². The smallest absolute Gasteiger partial charge is 0.171 e. The minimum absolute atomic E-state index is 0.327. The molecule has 0 unspecified atom stereocenters. The second kappa shape index (κ2) is 10.4. The Morgan fingerprint density at radius 2 is 1.31 bits per heavy atom. The molecule has 2 rings (SSSR count). The molecule has 0 nitrogen and oxygen atoms in total. The lowest BCUT2D eigenvalue weighted by Gasteiger charge is -2.44. The lowest BCUT2D eigenvalue weighted by atomic mass is 9.62. The van der Waals surface area contributed by atoms with Crippen LogP contribution >= 0.6 is 0 Å². The molecule has 2 saturated carbocycles. The van der Waals surface area contributed by atoms with Crippen molar-refractivity contribution < 1.29 is 13.2 Å². The third-order valence-electron chi connectivity index (χ3n) is 7.59. The highest BCUT2D eigenvalue weighted by atomic mass is 19.4. The summed E-state index contributed by atoms with van der Waals surface area (Å²) in [5, 5.41) is 0. The molecule has 0 atom stereocenters. The highest BCUT2D eigenvalue weighted by Crippen LogP contribution is 2.55. The Bertz CT molecular complexity index is 371. The van der Waals surface area contributed by atoms with Gasteiger partial charge in [0.25, 0.3) is 0 Å². The van der Waals surface area contributed by atoms with Crippen molar-refractivity contribution in [2.24, 2.45) is 23.2 Å². The van der Waals surface area contributed by atoms with Gasteiger partial charge in [-0.05, 0) is 62.7 Å². The zero-order valence-corrected chi connectivity index (χ0v) is 17.2. The molecule has 0 heterocycles. The number of rotatable bonds is 9. The Labute approximate surface area is 159 Å². The van der Waals surface area contributed by atoms with Crippen molar-refractivity contribution >= 4 is 0 Å². The zero-order valence-electron chi connectivity index (χ0n) is 17.2. The van der Waals surface area contributed by atoms with Crippen LogP contribution in [0.3, 0.4) is 0 Å². The van der Waals surface area contributed by atoms with E-state index in [2.05, 4.69) is 6.92 Å². The number of unbranched alkanes of at least 4 members (excludes halogenated alkanes) is 4. The molecule has 0 aromatic carbocycles. The van der Waals surface area contributed by atoms with Gasteiger partial charge in [-0.1, -0.05) is 71.6 Å². The van der Waals surface area contributed by atoms with Crippen LogP contribution in [0, 0.1) is 23.2 Å². The molecule has 0 N–H and O–H groups in total. The van der Waals surface area contributed by atoms with Crippen molar-refractivity contribution in [3.8, 4) is 0 Å². The lowest BCUT2D eigenvalue weighted by Crippen LogP contribution is -2.42. The molecule has 3 heteroatoms. The number of halogens is 3. The summed E-state index contributed by atoms with van der Waals surface area (Å²) < 4.78 is 40.8. The van der Waals surface area contributed by atoms with Crippen LogP contribution in [-0.2, 0) is 0 Å². The van der Waals surface area contributed by atoms with Gasteiger partial charge in [0.05, 0.1) is 5.41 Å². The molecule has 2 aliphatic rings. The van der Waals surface area contributed by atoms with Crippen molar-refractivity contribution in [1.82, 2.24) is 0 Å². The van der Waals surface area contributed by atoms with Crippen LogP contribution in [0.5, 0.6) is 0 Å². The summed E-state index contributed by atoms with van der Waals surface area (Å²) in [4.78, 5) is 0. The summed E-state index contributed by atoms with van der Waals surface area (Å²) in [6, 6.07) is 0. The molecule has 0 aromatic rings. The van der Waals surface area contributed by atoms with Crippen LogP contribution < -0.4 is 0 Å². The van der Waals surface area contributed by atoms with E-state index in [9.17, 15) is 13.2 Å². The predicted octanol–water partition coefficient (Wildman–Crippen LogP) is 8.69. The summed E-state index contributed by atoms with van der Waals surface area (Å²) in [7, 11) is 0. The number of alkyl halides is 3. The average molecular weight is 375 g/mol. The average Bonchev–Trinajstić information content (AvgIpc) is 2.62. The molecule has 0 spiro atoms. The van der Waals surface area contributed by atoms with Gasteiger partial charge in [-0.2, -0.15) is 13.2 Å². The minimum Gasteiger partial charge on any atom is -0.171 e. The number of hydrogen-bond acceptors (Lipinski definition) is 0. The summed E-state index contributed by atoms with van der Waals surface area (Å²) in [6.07, 6.45) is 12.8. The quantitative estimate of drug-likeness (QED) is 0.354. The summed E-state index contributed by atoms with van der Waals surface area (Å²) >= 11 is 0. The molecule has 2 aliphatic carbocycles. The lowest BCUT2D eigenvalue weighted by molar-refractivity contribution is -0.241. The van der Waals surface area contributed by atoms with Crippen LogP contribution in [-0.4, -0.2) is 6.18 Å². The molecule has 0 amide bonds. The molecular formula is C23H41F3. The van der Waals surface area contributed by atoms with Crippen LogP contribution in [0.1, 0.15) is 117 Å². The normalized spacial score (nSPS) is 33.3. The van der Waals surface area contributed by atoms with Crippen LogP contribution in [0.15, 0.2) is 0 Å². The molecule has 0 radical (unpaired) electrons. The standard InChI is InChI=1S/C23H41F3/c1-3-5-6-7-8-9-19-10-12-20(13-11-19)21-14-17-22(16-4-2,18-15-21)23(24,25)26/h19-21H,3-18H2,1-2H3/t19?,20?,21-,22+. The third-order valence-corrected chi connectivity index (χ3v) is 7.59. The highest BCUT2D eigenvalue weighted by Gasteiger charge is 2.55. The van der Waals surface area contributed by atoms with Gasteiger partial charge in [-0.3, -0.25) is 0 Å². The molecule has 0 bridgehead atoms. The Hall–Kier alpha value is -0.210. The molecule has 0 saturated heterocycles. The Kier molecular flexibility index (Phi) is 8.80. The van der Waals surface area contributed by atoms with Gasteiger partial charge in [0.1, 0.15) is 0 Å². The zero-order chi connectivity index (χ0) is 19.0. The van der Waals surface area contributed by atoms with Crippen molar-refractivity contribution in [3.63, 3.8) is 0 Å². The topological polar surface area (TPSA) is 0 Å². The van der Waals surface area contributed by atoms with E-state index >= 15 is 0 Å². The van der Waals surface area contributed by atoms with Crippen molar-refractivity contribution in [2.75, 3.05) is 0 Å². The second-order valence-electron chi connectivity index (χ2n) is 9.35. The molecule has 154 valence electrons. The van der Waals surface area contributed by atoms with E-state index in [1.807, 2.05) is 6.92 Å². The maximum atomic E-state index is 13.6. The molecule has 0 aliphatic heterocycles. The van der Waals surface area contributed by atoms with Crippen LogP contribution in [0.4, 0.5) is 13.2 Å². The van der Waals surface area contributed by atoms with Crippen molar-refractivity contribution in [3.05, 3.63) is 0 Å². The molecule has 26 heavy (non-hydrogen) atoms. The Balaban J connectivity index is 1.71. The molecule has 2 fully saturated rings. The fourth-order valence-corrected chi connectivity index (χ4v) is 5.80. The first-order valence-corrected chi connectivity index (χ1v) is 11.5. The maximum Gasteiger partial charge on any atom is 0.394 e. The van der Waals surface area contributed by atoms with Gasteiger partial charge in [-0.15, -0.1) is 0 Å². The fraction of sp³-hybridized carbons (Fsp3) is 1.00.